The first kappa shape index (κ1) is 15.8. The van der Waals surface area contributed by atoms with Crippen LogP contribution in [0.2, 0.25) is 0 Å². The molecule has 6 heteroatoms. The number of sulfonamides is 1. The predicted molar refractivity (Wildman–Crippen MR) is 83.9 cm³/mol. The second-order valence-corrected chi connectivity index (χ2v) is 7.67. The molecule has 116 valence electrons. The van der Waals surface area contributed by atoms with Crippen molar-refractivity contribution in [2.75, 3.05) is 10.6 Å². The van der Waals surface area contributed by atoms with Crippen LogP contribution in [0.15, 0.2) is 18.2 Å². The quantitative estimate of drug-likeness (QED) is 0.901. The second kappa shape index (κ2) is 5.67. The van der Waals surface area contributed by atoms with Gasteiger partial charge in [0.15, 0.2) is 0 Å². The lowest BCUT2D eigenvalue weighted by molar-refractivity contribution is -0.121. The van der Waals surface area contributed by atoms with Crippen LogP contribution >= 0.6 is 0 Å². The van der Waals surface area contributed by atoms with Gasteiger partial charge in [0.2, 0.25) is 15.9 Å². The molecule has 21 heavy (non-hydrogen) atoms. The maximum atomic E-state index is 12.2. The normalized spacial score (nSPS) is 16.4. The molecule has 0 radical (unpaired) electrons. The highest BCUT2D eigenvalue weighted by Crippen LogP contribution is 2.27. The first-order valence-corrected chi connectivity index (χ1v) is 8.92. The number of aryl methyl sites for hydroxylation is 2. The second-order valence-electron chi connectivity index (χ2n) is 5.81. The Balaban J connectivity index is 2.38. The molecule has 1 amide bonds. The molecule has 1 aliphatic carbocycles. The molecule has 1 fully saturated rings. The Kier molecular flexibility index (Phi) is 4.27. The Morgan fingerprint density at radius 1 is 1.33 bits per heavy atom. The van der Waals surface area contributed by atoms with Gasteiger partial charge in [-0.1, -0.05) is 12.1 Å². The number of carbonyl (C=O) groups excluding carboxylic acids is 1. The highest BCUT2D eigenvalue weighted by atomic mass is 32.2. The lowest BCUT2D eigenvalue weighted by Gasteiger charge is -2.29. The van der Waals surface area contributed by atoms with Crippen LogP contribution in [0.5, 0.6) is 0 Å². The van der Waals surface area contributed by atoms with E-state index in [1.54, 1.807) is 13.0 Å². The number of amides is 1. The minimum atomic E-state index is -3.54. The summed E-state index contributed by atoms with van der Waals surface area (Å²) in [5, 5.41) is 2.86. The van der Waals surface area contributed by atoms with Crippen molar-refractivity contribution >= 4 is 21.6 Å². The van der Waals surface area contributed by atoms with Crippen LogP contribution in [0.1, 0.15) is 30.9 Å². The van der Waals surface area contributed by atoms with E-state index in [0.29, 0.717) is 5.69 Å². The molecule has 0 unspecified atom stereocenters. The molecule has 2 rings (SSSR count). The van der Waals surface area contributed by atoms with E-state index in [1.807, 2.05) is 26.0 Å². The van der Waals surface area contributed by atoms with E-state index in [9.17, 15) is 13.2 Å². The molecule has 1 aliphatic rings. The van der Waals surface area contributed by atoms with E-state index in [1.165, 1.54) is 4.31 Å². The molecule has 0 aromatic heterocycles. The summed E-state index contributed by atoms with van der Waals surface area (Å²) in [6, 6.07) is 5.04. The Morgan fingerprint density at radius 3 is 2.48 bits per heavy atom. The molecule has 0 heterocycles. The van der Waals surface area contributed by atoms with Gasteiger partial charge in [-0.05, 0) is 50.8 Å². The molecule has 1 N–H and O–H groups in total. The first-order valence-electron chi connectivity index (χ1n) is 7.07. The number of nitrogens with zero attached hydrogens (tertiary/aromatic N) is 1. The lowest BCUT2D eigenvalue weighted by atomic mass is 10.1. The SMILES string of the molecule is Cc1ccc(C)c(N([C@H](C)C(=O)NC2CC2)S(C)(=O)=O)c1. The van der Waals surface area contributed by atoms with Gasteiger partial charge in [0, 0.05) is 6.04 Å². The third-order valence-corrected chi connectivity index (χ3v) is 4.84. The van der Waals surface area contributed by atoms with Gasteiger partial charge >= 0.3 is 0 Å². The molecule has 0 aliphatic heterocycles. The van der Waals surface area contributed by atoms with Crippen LogP contribution in [-0.4, -0.2) is 32.7 Å². The number of carbonyl (C=O) groups is 1. The minimum Gasteiger partial charge on any atom is -0.352 e. The highest BCUT2D eigenvalue weighted by Gasteiger charge is 2.33. The zero-order valence-corrected chi connectivity index (χ0v) is 13.7. The smallest absolute Gasteiger partial charge is 0.243 e. The van der Waals surface area contributed by atoms with E-state index < -0.39 is 16.1 Å². The number of rotatable bonds is 5. The zero-order valence-electron chi connectivity index (χ0n) is 12.9. The van der Waals surface area contributed by atoms with Gasteiger partial charge in [0.05, 0.1) is 11.9 Å². The van der Waals surface area contributed by atoms with Gasteiger partial charge < -0.3 is 5.32 Å². The van der Waals surface area contributed by atoms with Gasteiger partial charge in [-0.25, -0.2) is 8.42 Å². The van der Waals surface area contributed by atoms with E-state index in [0.717, 1.165) is 30.2 Å². The summed E-state index contributed by atoms with van der Waals surface area (Å²) in [5.41, 5.74) is 2.35. The summed E-state index contributed by atoms with van der Waals surface area (Å²) >= 11 is 0. The van der Waals surface area contributed by atoms with Crippen LogP contribution in [0.4, 0.5) is 5.69 Å². The summed E-state index contributed by atoms with van der Waals surface area (Å²) in [6.45, 7) is 5.37. The molecule has 1 atom stereocenters. The maximum Gasteiger partial charge on any atom is 0.243 e. The average Bonchev–Trinajstić information content (AvgIpc) is 3.16. The van der Waals surface area contributed by atoms with Gasteiger partial charge in [-0.15, -0.1) is 0 Å². The molecule has 0 saturated heterocycles. The molecular formula is C15H22N2O3S. The van der Waals surface area contributed by atoms with Gasteiger partial charge in [0.1, 0.15) is 6.04 Å². The van der Waals surface area contributed by atoms with Crippen LogP contribution in [0.3, 0.4) is 0 Å². The molecule has 5 nitrogen and oxygen atoms in total. The Hall–Kier alpha value is -1.56. The fourth-order valence-corrected chi connectivity index (χ4v) is 3.51. The summed E-state index contributed by atoms with van der Waals surface area (Å²) in [5.74, 6) is -0.246. The zero-order chi connectivity index (χ0) is 15.8. The minimum absolute atomic E-state index is 0.208. The summed E-state index contributed by atoms with van der Waals surface area (Å²) in [6.07, 6.45) is 3.08. The standard InChI is InChI=1S/C15H22N2O3S/c1-10-5-6-11(2)14(9-10)17(21(4,19)20)12(3)15(18)16-13-7-8-13/h5-6,9,12-13H,7-8H2,1-4H3,(H,16,18)/t12-/m1/s1. The monoisotopic (exact) mass is 310 g/mol. The number of nitrogens with one attached hydrogen (secondary N) is 1. The van der Waals surface area contributed by atoms with Crippen molar-refractivity contribution in [1.82, 2.24) is 5.32 Å². The largest absolute Gasteiger partial charge is 0.352 e. The lowest BCUT2D eigenvalue weighted by Crippen LogP contribution is -2.48. The van der Waals surface area contributed by atoms with Crippen molar-refractivity contribution in [3.63, 3.8) is 0 Å². The van der Waals surface area contributed by atoms with Crippen molar-refractivity contribution in [3.05, 3.63) is 29.3 Å². The molecule has 0 spiro atoms. The fourth-order valence-electron chi connectivity index (χ4n) is 2.29. The van der Waals surface area contributed by atoms with E-state index in [2.05, 4.69) is 5.32 Å². The van der Waals surface area contributed by atoms with Crippen LogP contribution in [-0.2, 0) is 14.8 Å². The Bertz CT molecular complexity index is 651. The van der Waals surface area contributed by atoms with Crippen LogP contribution in [0.25, 0.3) is 0 Å². The number of benzene rings is 1. The van der Waals surface area contributed by atoms with E-state index in [4.69, 9.17) is 0 Å². The van der Waals surface area contributed by atoms with Crippen LogP contribution < -0.4 is 9.62 Å². The average molecular weight is 310 g/mol. The third kappa shape index (κ3) is 3.75. The Labute approximate surface area is 126 Å². The third-order valence-electron chi connectivity index (χ3n) is 3.61. The number of anilines is 1. The summed E-state index contributed by atoms with van der Waals surface area (Å²) < 4.78 is 25.6. The molecule has 1 aromatic carbocycles. The summed E-state index contributed by atoms with van der Waals surface area (Å²) in [4.78, 5) is 12.2. The molecule has 1 aromatic rings. The predicted octanol–water partition coefficient (Wildman–Crippen LogP) is 1.74. The number of hydrogen-bond acceptors (Lipinski definition) is 3. The summed E-state index contributed by atoms with van der Waals surface area (Å²) in [7, 11) is -3.54. The highest BCUT2D eigenvalue weighted by molar-refractivity contribution is 7.92. The van der Waals surface area contributed by atoms with Crippen molar-refractivity contribution in [2.45, 2.75) is 45.7 Å². The van der Waals surface area contributed by atoms with Gasteiger partial charge in [-0.3, -0.25) is 9.10 Å². The van der Waals surface area contributed by atoms with Crippen molar-refractivity contribution in [2.24, 2.45) is 0 Å². The maximum absolute atomic E-state index is 12.2. The van der Waals surface area contributed by atoms with Gasteiger partial charge in [-0.2, -0.15) is 0 Å². The van der Waals surface area contributed by atoms with Crippen LogP contribution in [0, 0.1) is 13.8 Å². The Morgan fingerprint density at radius 2 is 1.95 bits per heavy atom. The molecule has 0 bridgehead atoms. The molecule has 1 saturated carbocycles. The topological polar surface area (TPSA) is 66.5 Å². The van der Waals surface area contributed by atoms with E-state index >= 15 is 0 Å². The number of hydrogen-bond donors (Lipinski definition) is 1. The molecular weight excluding hydrogens is 288 g/mol. The van der Waals surface area contributed by atoms with Crippen molar-refractivity contribution in [3.8, 4) is 0 Å². The van der Waals surface area contributed by atoms with E-state index in [-0.39, 0.29) is 11.9 Å². The first-order chi connectivity index (χ1) is 9.70. The fraction of sp³-hybridized carbons (Fsp3) is 0.533. The van der Waals surface area contributed by atoms with Crippen molar-refractivity contribution in [1.29, 1.82) is 0 Å². The van der Waals surface area contributed by atoms with Crippen molar-refractivity contribution < 1.29 is 13.2 Å². The van der Waals surface area contributed by atoms with Gasteiger partial charge in [0.25, 0.3) is 0 Å².